The number of anilines is 1. The average Bonchev–Trinajstić information content (AvgIpc) is 3.14. The molecule has 0 fully saturated rings. The monoisotopic (exact) mass is 385 g/mol. The number of rotatable bonds is 8. The van der Waals surface area contributed by atoms with E-state index >= 15 is 0 Å². The highest BCUT2D eigenvalue weighted by atomic mass is 32.2. The first-order valence-electron chi connectivity index (χ1n) is 8.47. The lowest BCUT2D eigenvalue weighted by atomic mass is 10.1. The predicted molar refractivity (Wildman–Crippen MR) is 99.9 cm³/mol. The minimum absolute atomic E-state index is 0.0276. The number of nitrogens with one attached hydrogen (secondary N) is 1. The number of aryl methyl sites for hydroxylation is 2. The van der Waals surface area contributed by atoms with Gasteiger partial charge in [0.15, 0.2) is 9.84 Å². The molecule has 0 saturated heterocycles. The first-order valence-corrected chi connectivity index (χ1v) is 10.1. The van der Waals surface area contributed by atoms with Gasteiger partial charge in [0.1, 0.15) is 0 Å². The molecule has 0 atom stereocenters. The van der Waals surface area contributed by atoms with E-state index in [-0.39, 0.29) is 41.3 Å². The number of hydrogen-bond acceptors (Lipinski definition) is 6. The molecule has 0 unspecified atom stereocenters. The van der Waals surface area contributed by atoms with Gasteiger partial charge in [-0.3, -0.25) is 10.1 Å². The van der Waals surface area contributed by atoms with E-state index in [4.69, 9.17) is 4.42 Å². The van der Waals surface area contributed by atoms with Crippen molar-refractivity contribution in [2.75, 3.05) is 11.1 Å². The molecule has 0 aliphatic carbocycles. The summed E-state index contributed by atoms with van der Waals surface area (Å²) in [6, 6.07) is 17.8. The molecule has 0 saturated carbocycles. The van der Waals surface area contributed by atoms with Gasteiger partial charge in [0.25, 0.3) is 0 Å². The van der Waals surface area contributed by atoms with Gasteiger partial charge in [0.05, 0.1) is 10.6 Å². The highest BCUT2D eigenvalue weighted by molar-refractivity contribution is 7.91. The number of nitrogens with zero attached hydrogens (tertiary/aromatic N) is 2. The minimum atomic E-state index is -3.43. The summed E-state index contributed by atoms with van der Waals surface area (Å²) in [5.74, 6) is -0.237. The third kappa shape index (κ3) is 5.49. The number of benzene rings is 2. The summed E-state index contributed by atoms with van der Waals surface area (Å²) in [7, 11) is -3.43. The van der Waals surface area contributed by atoms with E-state index in [2.05, 4.69) is 15.5 Å². The number of aromatic nitrogens is 2. The summed E-state index contributed by atoms with van der Waals surface area (Å²) in [5, 5.41) is 10.1. The maximum absolute atomic E-state index is 12.3. The van der Waals surface area contributed by atoms with Gasteiger partial charge < -0.3 is 4.42 Å². The van der Waals surface area contributed by atoms with E-state index in [1.54, 1.807) is 30.3 Å². The fraction of sp³-hybridized carbons (Fsp3) is 0.211. The highest BCUT2D eigenvalue weighted by Crippen LogP contribution is 2.13. The molecule has 1 heterocycles. The minimum Gasteiger partial charge on any atom is -0.408 e. The van der Waals surface area contributed by atoms with Crippen molar-refractivity contribution in [1.82, 2.24) is 10.2 Å². The summed E-state index contributed by atoms with van der Waals surface area (Å²) in [4.78, 5) is 12.2. The van der Waals surface area contributed by atoms with Gasteiger partial charge in [-0.25, -0.2) is 8.42 Å². The van der Waals surface area contributed by atoms with Crippen LogP contribution in [0.2, 0.25) is 0 Å². The maximum atomic E-state index is 12.3. The van der Waals surface area contributed by atoms with Crippen LogP contribution in [0.25, 0.3) is 0 Å². The predicted octanol–water partition coefficient (Wildman–Crippen LogP) is 2.66. The van der Waals surface area contributed by atoms with Crippen LogP contribution in [-0.2, 0) is 27.5 Å². The molecule has 2 aromatic carbocycles. The summed E-state index contributed by atoms with van der Waals surface area (Å²) in [5.41, 5.74) is 1.06. The summed E-state index contributed by atoms with van der Waals surface area (Å²) >= 11 is 0. The molecule has 1 N–H and O–H groups in total. The second-order valence-electron chi connectivity index (χ2n) is 5.92. The van der Waals surface area contributed by atoms with Crippen molar-refractivity contribution in [3.63, 3.8) is 0 Å². The second kappa shape index (κ2) is 8.59. The molecule has 1 aromatic heterocycles. The zero-order valence-electron chi connectivity index (χ0n) is 14.5. The van der Waals surface area contributed by atoms with Crippen LogP contribution >= 0.6 is 0 Å². The molecule has 1 amide bonds. The normalized spacial score (nSPS) is 11.3. The van der Waals surface area contributed by atoms with Gasteiger partial charge in [-0.05, 0) is 24.1 Å². The zero-order valence-corrected chi connectivity index (χ0v) is 15.4. The van der Waals surface area contributed by atoms with Crippen LogP contribution in [0.3, 0.4) is 0 Å². The smallest absolute Gasteiger partial charge is 0.322 e. The van der Waals surface area contributed by atoms with Crippen LogP contribution in [0.15, 0.2) is 70.0 Å². The Hall–Kier alpha value is -3.00. The Kier molecular flexibility index (Phi) is 5.97. The van der Waals surface area contributed by atoms with E-state index in [1.807, 2.05) is 30.3 Å². The number of hydrogen-bond donors (Lipinski definition) is 1. The van der Waals surface area contributed by atoms with Crippen molar-refractivity contribution in [2.45, 2.75) is 24.2 Å². The molecular formula is C19H19N3O4S. The number of sulfone groups is 1. The Morgan fingerprint density at radius 3 is 2.30 bits per heavy atom. The van der Waals surface area contributed by atoms with E-state index in [1.165, 1.54) is 0 Å². The lowest BCUT2D eigenvalue weighted by Gasteiger charge is -2.02. The van der Waals surface area contributed by atoms with Gasteiger partial charge in [-0.1, -0.05) is 53.6 Å². The average molecular weight is 385 g/mol. The van der Waals surface area contributed by atoms with Crippen molar-refractivity contribution in [3.05, 3.63) is 72.1 Å². The summed E-state index contributed by atoms with van der Waals surface area (Å²) < 4.78 is 29.8. The third-order valence-corrected chi connectivity index (χ3v) is 5.62. The quantitative estimate of drug-likeness (QED) is 0.639. The number of carbonyl (C=O) groups excluding carboxylic acids is 1. The van der Waals surface area contributed by atoms with Crippen LogP contribution in [0, 0.1) is 0 Å². The van der Waals surface area contributed by atoms with Crippen LogP contribution < -0.4 is 5.32 Å². The first kappa shape index (κ1) is 18.8. The van der Waals surface area contributed by atoms with Gasteiger partial charge >= 0.3 is 6.01 Å². The molecule has 8 heteroatoms. The molecule has 7 nitrogen and oxygen atoms in total. The Bertz CT molecular complexity index is 986. The Labute approximate surface area is 157 Å². The topological polar surface area (TPSA) is 102 Å². The molecule has 0 radical (unpaired) electrons. The molecular weight excluding hydrogens is 366 g/mol. The molecule has 0 aliphatic heterocycles. The van der Waals surface area contributed by atoms with Gasteiger partial charge in [-0.15, -0.1) is 5.10 Å². The standard InChI is InChI=1S/C19H19N3O4S/c23-17(12-11-15-7-3-1-4-8-15)20-19-22-21-18(26-19)13-14-27(24,25)16-9-5-2-6-10-16/h1-10H,11-14H2,(H,20,22,23). The van der Waals surface area contributed by atoms with Crippen LogP contribution in [-0.4, -0.2) is 30.3 Å². The molecule has 140 valence electrons. The Morgan fingerprint density at radius 2 is 1.59 bits per heavy atom. The molecule has 0 spiro atoms. The van der Waals surface area contributed by atoms with Gasteiger partial charge in [-0.2, -0.15) is 0 Å². The Morgan fingerprint density at radius 1 is 0.926 bits per heavy atom. The van der Waals surface area contributed by atoms with Crippen molar-refractivity contribution in [2.24, 2.45) is 0 Å². The highest BCUT2D eigenvalue weighted by Gasteiger charge is 2.17. The van der Waals surface area contributed by atoms with Crippen molar-refractivity contribution < 1.29 is 17.6 Å². The molecule has 3 aromatic rings. The van der Waals surface area contributed by atoms with E-state index < -0.39 is 9.84 Å². The fourth-order valence-electron chi connectivity index (χ4n) is 2.46. The van der Waals surface area contributed by atoms with Crippen LogP contribution in [0.1, 0.15) is 17.9 Å². The second-order valence-corrected chi connectivity index (χ2v) is 8.03. The van der Waals surface area contributed by atoms with Gasteiger partial charge in [0, 0.05) is 12.8 Å². The molecule has 3 rings (SSSR count). The molecule has 27 heavy (non-hydrogen) atoms. The maximum Gasteiger partial charge on any atom is 0.322 e. The van der Waals surface area contributed by atoms with Crippen molar-refractivity contribution in [3.8, 4) is 0 Å². The zero-order chi connectivity index (χ0) is 19.1. The summed E-state index contributed by atoms with van der Waals surface area (Å²) in [6.07, 6.45) is 0.956. The molecule has 0 aliphatic rings. The van der Waals surface area contributed by atoms with E-state index in [0.29, 0.717) is 6.42 Å². The Balaban J connectivity index is 1.50. The SMILES string of the molecule is O=C(CCc1ccccc1)Nc1nnc(CCS(=O)(=O)c2ccccc2)o1. The van der Waals surface area contributed by atoms with Crippen molar-refractivity contribution in [1.29, 1.82) is 0 Å². The lowest BCUT2D eigenvalue weighted by molar-refractivity contribution is -0.116. The van der Waals surface area contributed by atoms with Crippen LogP contribution in [0.5, 0.6) is 0 Å². The number of carbonyl (C=O) groups is 1. The first-order chi connectivity index (χ1) is 13.0. The number of amides is 1. The van der Waals surface area contributed by atoms with Crippen molar-refractivity contribution >= 4 is 21.8 Å². The molecule has 0 bridgehead atoms. The lowest BCUT2D eigenvalue weighted by Crippen LogP contribution is -2.12. The van der Waals surface area contributed by atoms with Gasteiger partial charge in [0.2, 0.25) is 11.8 Å². The van der Waals surface area contributed by atoms with E-state index in [9.17, 15) is 13.2 Å². The largest absolute Gasteiger partial charge is 0.408 e. The summed E-state index contributed by atoms with van der Waals surface area (Å²) in [6.45, 7) is 0. The van der Waals surface area contributed by atoms with E-state index in [0.717, 1.165) is 5.56 Å². The van der Waals surface area contributed by atoms with Crippen LogP contribution in [0.4, 0.5) is 6.01 Å². The third-order valence-electron chi connectivity index (χ3n) is 3.88. The fourth-order valence-corrected chi connectivity index (χ4v) is 3.71.